The molecule has 1 aromatic heterocycles. The molecule has 0 radical (unpaired) electrons. The maximum atomic E-state index is 9.33. The van der Waals surface area contributed by atoms with Crippen LogP contribution in [0.4, 0.5) is 0 Å². The number of hydrogen-bond acceptors (Lipinski definition) is 2. The van der Waals surface area contributed by atoms with Crippen LogP contribution in [0.5, 0.6) is 0 Å². The fourth-order valence-electron chi connectivity index (χ4n) is 1.94. The monoisotopic (exact) mass is 241 g/mol. The summed E-state index contributed by atoms with van der Waals surface area (Å²) >= 11 is 0. The van der Waals surface area contributed by atoms with Gasteiger partial charge in [0.25, 0.3) is 0 Å². The number of pyridine rings is 1. The number of nitrogens with zero attached hydrogens (tertiary/aromatic N) is 1. The summed E-state index contributed by atoms with van der Waals surface area (Å²) in [6.07, 6.45) is 2.06. The highest BCUT2D eigenvalue weighted by Gasteiger charge is 2.02. The molecular weight excluding hydrogens is 222 g/mol. The highest BCUT2D eigenvalue weighted by Crippen LogP contribution is 2.19. The molecule has 2 aromatic rings. The molecule has 0 amide bonds. The molecule has 94 valence electrons. The number of aromatic nitrogens is 1. The van der Waals surface area contributed by atoms with E-state index >= 15 is 0 Å². The van der Waals surface area contributed by atoms with Crippen LogP contribution in [0.2, 0.25) is 0 Å². The van der Waals surface area contributed by atoms with Gasteiger partial charge in [0.05, 0.1) is 12.1 Å². The van der Waals surface area contributed by atoms with Crippen LogP contribution >= 0.6 is 0 Å². The second kappa shape index (κ2) is 5.32. The van der Waals surface area contributed by atoms with Crippen molar-refractivity contribution in [3.8, 4) is 0 Å². The van der Waals surface area contributed by atoms with Gasteiger partial charge in [0.15, 0.2) is 0 Å². The van der Waals surface area contributed by atoms with Crippen LogP contribution in [0.25, 0.3) is 17.0 Å². The van der Waals surface area contributed by atoms with Crippen molar-refractivity contribution in [3.63, 3.8) is 0 Å². The summed E-state index contributed by atoms with van der Waals surface area (Å²) < 4.78 is 0. The van der Waals surface area contributed by atoms with Crippen molar-refractivity contribution in [2.45, 2.75) is 20.8 Å². The zero-order chi connectivity index (χ0) is 13.1. The number of aliphatic hydroxyl groups is 1. The molecule has 0 spiro atoms. The minimum absolute atomic E-state index is 0.113. The SMILES string of the molecule is Cc1ccc2cc(/C=C(\CO)C(C)C)ccc2n1. The van der Waals surface area contributed by atoms with Crippen molar-refractivity contribution < 1.29 is 5.11 Å². The summed E-state index contributed by atoms with van der Waals surface area (Å²) in [6.45, 7) is 6.29. The van der Waals surface area contributed by atoms with E-state index in [0.717, 1.165) is 27.7 Å². The molecule has 0 fully saturated rings. The Hall–Kier alpha value is -1.67. The lowest BCUT2D eigenvalue weighted by atomic mass is 10.0. The van der Waals surface area contributed by atoms with E-state index in [0.29, 0.717) is 5.92 Å². The third-order valence-electron chi connectivity index (χ3n) is 3.13. The van der Waals surface area contributed by atoms with E-state index in [2.05, 4.69) is 37.0 Å². The second-order valence-electron chi connectivity index (χ2n) is 4.94. The highest BCUT2D eigenvalue weighted by molar-refractivity contribution is 5.81. The summed E-state index contributed by atoms with van der Waals surface area (Å²) in [5.74, 6) is 0.363. The van der Waals surface area contributed by atoms with E-state index < -0.39 is 0 Å². The minimum atomic E-state index is 0.113. The first-order chi connectivity index (χ1) is 8.60. The number of rotatable bonds is 3. The normalized spacial score (nSPS) is 12.4. The first kappa shape index (κ1) is 12.8. The number of fused-ring (bicyclic) bond motifs is 1. The Labute approximate surface area is 108 Å². The van der Waals surface area contributed by atoms with Crippen LogP contribution in [0.15, 0.2) is 35.9 Å². The average Bonchev–Trinajstić information content (AvgIpc) is 2.35. The van der Waals surface area contributed by atoms with Gasteiger partial charge in [0, 0.05) is 11.1 Å². The number of hydrogen-bond donors (Lipinski definition) is 1. The number of benzene rings is 1. The van der Waals surface area contributed by atoms with Crippen LogP contribution < -0.4 is 0 Å². The molecule has 0 saturated heterocycles. The molecule has 0 atom stereocenters. The van der Waals surface area contributed by atoms with E-state index in [-0.39, 0.29) is 6.61 Å². The van der Waals surface area contributed by atoms with Gasteiger partial charge in [0.2, 0.25) is 0 Å². The van der Waals surface area contributed by atoms with Crippen molar-refractivity contribution in [3.05, 3.63) is 47.2 Å². The Morgan fingerprint density at radius 3 is 2.72 bits per heavy atom. The van der Waals surface area contributed by atoms with Crippen molar-refractivity contribution in [2.24, 2.45) is 5.92 Å². The molecule has 0 saturated carbocycles. The minimum Gasteiger partial charge on any atom is -0.392 e. The Morgan fingerprint density at radius 1 is 1.28 bits per heavy atom. The maximum absolute atomic E-state index is 9.33. The standard InChI is InChI=1S/C16H19NO/c1-11(2)15(10-18)9-13-5-7-16-14(8-13)6-4-12(3)17-16/h4-9,11,18H,10H2,1-3H3/b15-9+. The number of aryl methyl sites for hydroxylation is 1. The fourth-order valence-corrected chi connectivity index (χ4v) is 1.94. The molecular formula is C16H19NO. The van der Waals surface area contributed by atoms with Crippen LogP contribution in [0.3, 0.4) is 0 Å². The van der Waals surface area contributed by atoms with Gasteiger partial charge in [-0.2, -0.15) is 0 Å². The smallest absolute Gasteiger partial charge is 0.0705 e. The zero-order valence-corrected chi connectivity index (χ0v) is 11.1. The van der Waals surface area contributed by atoms with E-state index in [9.17, 15) is 5.11 Å². The van der Waals surface area contributed by atoms with Gasteiger partial charge in [-0.05, 0) is 42.2 Å². The van der Waals surface area contributed by atoms with Gasteiger partial charge < -0.3 is 5.11 Å². The van der Waals surface area contributed by atoms with E-state index in [1.54, 1.807) is 0 Å². The quantitative estimate of drug-likeness (QED) is 0.891. The average molecular weight is 241 g/mol. The van der Waals surface area contributed by atoms with Gasteiger partial charge in [0.1, 0.15) is 0 Å². The van der Waals surface area contributed by atoms with Crippen molar-refractivity contribution >= 4 is 17.0 Å². The summed E-state index contributed by atoms with van der Waals surface area (Å²) in [7, 11) is 0. The first-order valence-corrected chi connectivity index (χ1v) is 6.29. The fraction of sp³-hybridized carbons (Fsp3) is 0.312. The lowest BCUT2D eigenvalue weighted by molar-refractivity contribution is 0.320. The van der Waals surface area contributed by atoms with Gasteiger partial charge in [-0.1, -0.05) is 32.1 Å². The van der Waals surface area contributed by atoms with Gasteiger partial charge in [-0.25, -0.2) is 0 Å². The molecule has 0 aliphatic carbocycles. The maximum Gasteiger partial charge on any atom is 0.0705 e. The third-order valence-corrected chi connectivity index (χ3v) is 3.13. The van der Waals surface area contributed by atoms with Crippen LogP contribution in [-0.2, 0) is 0 Å². The molecule has 2 nitrogen and oxygen atoms in total. The van der Waals surface area contributed by atoms with Crippen molar-refractivity contribution in [2.75, 3.05) is 6.61 Å². The van der Waals surface area contributed by atoms with Gasteiger partial charge in [-0.3, -0.25) is 4.98 Å². The second-order valence-corrected chi connectivity index (χ2v) is 4.94. The summed E-state index contributed by atoms with van der Waals surface area (Å²) in [4.78, 5) is 4.48. The largest absolute Gasteiger partial charge is 0.392 e. The van der Waals surface area contributed by atoms with Crippen molar-refractivity contribution in [1.82, 2.24) is 4.98 Å². The lowest BCUT2D eigenvalue weighted by Crippen LogP contribution is -1.98. The van der Waals surface area contributed by atoms with Crippen molar-refractivity contribution in [1.29, 1.82) is 0 Å². The molecule has 1 aromatic carbocycles. The van der Waals surface area contributed by atoms with E-state index in [4.69, 9.17) is 0 Å². The molecule has 0 aliphatic heterocycles. The molecule has 1 heterocycles. The summed E-state index contributed by atoms with van der Waals surface area (Å²) in [5, 5.41) is 10.5. The summed E-state index contributed by atoms with van der Waals surface area (Å²) in [5.41, 5.74) is 4.21. The third kappa shape index (κ3) is 2.77. The zero-order valence-electron chi connectivity index (χ0n) is 11.1. The first-order valence-electron chi connectivity index (χ1n) is 6.29. The topological polar surface area (TPSA) is 33.1 Å². The van der Waals surface area contributed by atoms with E-state index in [1.165, 1.54) is 0 Å². The van der Waals surface area contributed by atoms with Gasteiger partial charge in [-0.15, -0.1) is 0 Å². The lowest BCUT2D eigenvalue weighted by Gasteiger charge is -2.08. The summed E-state index contributed by atoms with van der Waals surface area (Å²) in [6, 6.07) is 10.3. The number of aliphatic hydroxyl groups excluding tert-OH is 1. The Morgan fingerprint density at radius 2 is 2.06 bits per heavy atom. The van der Waals surface area contributed by atoms with Crippen LogP contribution in [-0.4, -0.2) is 16.7 Å². The van der Waals surface area contributed by atoms with Crippen LogP contribution in [0.1, 0.15) is 25.1 Å². The molecule has 2 rings (SSSR count). The predicted octanol–water partition coefficient (Wildman–Crippen LogP) is 3.57. The predicted molar refractivity (Wildman–Crippen MR) is 76.4 cm³/mol. The molecule has 2 heteroatoms. The van der Waals surface area contributed by atoms with Gasteiger partial charge >= 0.3 is 0 Å². The molecule has 1 N–H and O–H groups in total. The molecule has 0 aliphatic rings. The Balaban J connectivity index is 2.44. The Bertz CT molecular complexity index is 585. The van der Waals surface area contributed by atoms with E-state index in [1.807, 2.05) is 25.1 Å². The Kier molecular flexibility index (Phi) is 3.78. The van der Waals surface area contributed by atoms with Crippen LogP contribution in [0, 0.1) is 12.8 Å². The molecule has 0 unspecified atom stereocenters. The highest BCUT2D eigenvalue weighted by atomic mass is 16.3. The molecule has 0 bridgehead atoms. The molecule has 18 heavy (non-hydrogen) atoms.